The largest absolute Gasteiger partial charge is 0.497 e. The Morgan fingerprint density at radius 3 is 1.79 bits per heavy atom. The molecule has 1 N–H and O–H groups in total. The Hall–Kier alpha value is -1.89. The normalized spacial score (nSPS) is 10.4. The molecule has 3 nitrogen and oxygen atoms in total. The summed E-state index contributed by atoms with van der Waals surface area (Å²) in [5, 5.41) is 4.03. The lowest BCUT2D eigenvalue weighted by molar-refractivity contribution is 0.407. The summed E-state index contributed by atoms with van der Waals surface area (Å²) in [4.78, 5) is 2.16. The standard InChI is InChI=1S/C22H20Br2N2OS/c1-27-21-12-4-17(5-13-21)15-26(14-16-2-6-18(23)7-3-16)22(28)25-20-10-8-19(24)9-11-20/h2-13H,14-15H2,1H3,(H,25,28). The molecule has 0 spiro atoms. The molecule has 0 atom stereocenters. The van der Waals surface area contributed by atoms with Gasteiger partial charge in [-0.05, 0) is 71.9 Å². The van der Waals surface area contributed by atoms with E-state index in [0.717, 1.165) is 25.9 Å². The maximum Gasteiger partial charge on any atom is 0.174 e. The van der Waals surface area contributed by atoms with Crippen molar-refractivity contribution in [1.29, 1.82) is 0 Å². The summed E-state index contributed by atoms with van der Waals surface area (Å²) < 4.78 is 7.36. The van der Waals surface area contributed by atoms with Gasteiger partial charge in [0.1, 0.15) is 5.75 Å². The lowest BCUT2D eigenvalue weighted by Gasteiger charge is -2.26. The fourth-order valence-corrected chi connectivity index (χ4v) is 3.47. The fraction of sp³-hybridized carbons (Fsp3) is 0.136. The van der Waals surface area contributed by atoms with Crippen LogP contribution < -0.4 is 10.1 Å². The first-order chi connectivity index (χ1) is 13.5. The molecule has 3 aromatic rings. The molecule has 0 radical (unpaired) electrons. The number of hydrogen-bond donors (Lipinski definition) is 1. The molecule has 0 saturated carbocycles. The molecule has 28 heavy (non-hydrogen) atoms. The molecule has 0 amide bonds. The molecular weight excluding hydrogens is 500 g/mol. The lowest BCUT2D eigenvalue weighted by atomic mass is 10.1. The molecule has 0 aromatic heterocycles. The minimum atomic E-state index is 0.682. The molecule has 3 rings (SSSR count). The Kier molecular flexibility index (Phi) is 7.48. The van der Waals surface area contributed by atoms with Gasteiger partial charge in [0.05, 0.1) is 7.11 Å². The summed E-state index contributed by atoms with van der Waals surface area (Å²) in [6, 6.07) is 24.4. The first kappa shape index (κ1) is 20.8. The molecule has 0 saturated heterocycles. The van der Waals surface area contributed by atoms with Crippen LogP contribution >= 0.6 is 44.1 Å². The third-order valence-corrected chi connectivity index (χ3v) is 5.62. The van der Waals surface area contributed by atoms with Crippen molar-refractivity contribution in [2.45, 2.75) is 13.1 Å². The predicted octanol–water partition coefficient (Wildman–Crippen LogP) is 6.62. The first-order valence-electron chi connectivity index (χ1n) is 8.72. The third kappa shape index (κ3) is 6.06. The number of benzene rings is 3. The summed E-state index contributed by atoms with van der Waals surface area (Å²) in [5.41, 5.74) is 3.32. The molecule has 0 heterocycles. The number of halogens is 2. The van der Waals surface area contributed by atoms with Crippen LogP contribution in [0.5, 0.6) is 5.75 Å². The Labute approximate surface area is 188 Å². The van der Waals surface area contributed by atoms with Gasteiger partial charge >= 0.3 is 0 Å². The highest BCUT2D eigenvalue weighted by atomic mass is 79.9. The van der Waals surface area contributed by atoms with Crippen molar-refractivity contribution >= 4 is 54.9 Å². The van der Waals surface area contributed by atoms with Crippen molar-refractivity contribution in [3.05, 3.63) is 92.9 Å². The highest BCUT2D eigenvalue weighted by Crippen LogP contribution is 2.19. The van der Waals surface area contributed by atoms with Crippen LogP contribution in [0.25, 0.3) is 0 Å². The number of rotatable bonds is 6. The second-order valence-corrected chi connectivity index (χ2v) is 8.49. The zero-order chi connectivity index (χ0) is 19.9. The zero-order valence-electron chi connectivity index (χ0n) is 15.4. The van der Waals surface area contributed by atoms with Crippen LogP contribution in [0.15, 0.2) is 81.7 Å². The van der Waals surface area contributed by atoms with E-state index in [1.165, 1.54) is 5.56 Å². The fourth-order valence-electron chi connectivity index (χ4n) is 2.70. The van der Waals surface area contributed by atoms with Crippen LogP contribution in [0, 0.1) is 0 Å². The maximum absolute atomic E-state index is 5.73. The first-order valence-corrected chi connectivity index (χ1v) is 10.7. The van der Waals surface area contributed by atoms with Gasteiger partial charge in [-0.3, -0.25) is 0 Å². The Balaban J connectivity index is 1.78. The van der Waals surface area contributed by atoms with E-state index in [0.29, 0.717) is 18.2 Å². The van der Waals surface area contributed by atoms with Crippen LogP contribution in [0.3, 0.4) is 0 Å². The van der Waals surface area contributed by atoms with Crippen molar-refractivity contribution in [2.75, 3.05) is 12.4 Å². The smallest absolute Gasteiger partial charge is 0.174 e. The molecule has 3 aromatic carbocycles. The monoisotopic (exact) mass is 518 g/mol. The van der Waals surface area contributed by atoms with E-state index in [1.807, 2.05) is 48.5 Å². The van der Waals surface area contributed by atoms with E-state index >= 15 is 0 Å². The summed E-state index contributed by atoms with van der Waals surface area (Å²) in [6.45, 7) is 1.41. The van der Waals surface area contributed by atoms with E-state index in [9.17, 15) is 0 Å². The average Bonchev–Trinajstić information content (AvgIpc) is 2.71. The van der Waals surface area contributed by atoms with Crippen LogP contribution in [0.1, 0.15) is 11.1 Å². The van der Waals surface area contributed by atoms with Gasteiger partial charge in [0.2, 0.25) is 0 Å². The van der Waals surface area contributed by atoms with E-state index in [-0.39, 0.29) is 0 Å². The predicted molar refractivity (Wildman–Crippen MR) is 127 cm³/mol. The summed E-state index contributed by atoms with van der Waals surface area (Å²) in [5.74, 6) is 0.846. The van der Waals surface area contributed by atoms with E-state index in [4.69, 9.17) is 17.0 Å². The molecule has 0 aliphatic rings. The van der Waals surface area contributed by atoms with Gasteiger partial charge in [-0.15, -0.1) is 0 Å². The Morgan fingerprint density at radius 2 is 1.29 bits per heavy atom. The Bertz CT molecular complexity index is 913. The molecule has 144 valence electrons. The molecular formula is C22H20Br2N2OS. The van der Waals surface area contributed by atoms with Crippen LogP contribution in [-0.2, 0) is 13.1 Å². The van der Waals surface area contributed by atoms with Gasteiger partial charge in [0.25, 0.3) is 0 Å². The van der Waals surface area contributed by atoms with E-state index in [1.54, 1.807) is 7.11 Å². The van der Waals surface area contributed by atoms with Crippen molar-refractivity contribution in [3.8, 4) is 5.75 Å². The summed E-state index contributed by atoms with van der Waals surface area (Å²) in [6.07, 6.45) is 0. The van der Waals surface area contributed by atoms with Crippen LogP contribution in [-0.4, -0.2) is 17.1 Å². The van der Waals surface area contributed by atoms with Gasteiger partial charge in [0.15, 0.2) is 5.11 Å². The van der Waals surface area contributed by atoms with Crippen molar-refractivity contribution < 1.29 is 4.74 Å². The lowest BCUT2D eigenvalue weighted by Crippen LogP contribution is -2.33. The minimum Gasteiger partial charge on any atom is -0.497 e. The SMILES string of the molecule is COc1ccc(CN(Cc2ccc(Br)cc2)C(=S)Nc2ccc(Br)cc2)cc1. The van der Waals surface area contributed by atoms with Gasteiger partial charge in [0, 0.05) is 27.7 Å². The number of methoxy groups -OCH3 is 1. The molecule has 0 aliphatic heterocycles. The van der Waals surface area contributed by atoms with Crippen LogP contribution in [0.4, 0.5) is 5.69 Å². The van der Waals surface area contributed by atoms with E-state index in [2.05, 4.69) is 66.3 Å². The zero-order valence-corrected chi connectivity index (χ0v) is 19.4. The number of hydrogen-bond acceptors (Lipinski definition) is 2. The van der Waals surface area contributed by atoms with Gasteiger partial charge in [-0.2, -0.15) is 0 Å². The van der Waals surface area contributed by atoms with Crippen LogP contribution in [0.2, 0.25) is 0 Å². The average molecular weight is 520 g/mol. The summed E-state index contributed by atoms with van der Waals surface area (Å²) in [7, 11) is 1.67. The van der Waals surface area contributed by atoms with E-state index < -0.39 is 0 Å². The second kappa shape index (κ2) is 10.0. The highest BCUT2D eigenvalue weighted by Gasteiger charge is 2.12. The Morgan fingerprint density at radius 1 is 0.821 bits per heavy atom. The van der Waals surface area contributed by atoms with Crippen molar-refractivity contribution in [3.63, 3.8) is 0 Å². The van der Waals surface area contributed by atoms with Crippen molar-refractivity contribution in [2.24, 2.45) is 0 Å². The number of anilines is 1. The number of thiocarbonyl (C=S) groups is 1. The topological polar surface area (TPSA) is 24.5 Å². The minimum absolute atomic E-state index is 0.682. The maximum atomic E-state index is 5.73. The molecule has 0 fully saturated rings. The third-order valence-electron chi connectivity index (χ3n) is 4.20. The molecule has 0 unspecified atom stereocenters. The molecule has 0 aliphatic carbocycles. The molecule has 0 bridgehead atoms. The van der Waals surface area contributed by atoms with Gasteiger partial charge < -0.3 is 15.0 Å². The number of nitrogens with zero attached hydrogens (tertiary/aromatic N) is 1. The highest BCUT2D eigenvalue weighted by molar-refractivity contribution is 9.10. The number of nitrogens with one attached hydrogen (secondary N) is 1. The van der Waals surface area contributed by atoms with Gasteiger partial charge in [-0.1, -0.05) is 56.1 Å². The number of ether oxygens (including phenoxy) is 1. The van der Waals surface area contributed by atoms with Crippen molar-refractivity contribution in [1.82, 2.24) is 4.90 Å². The molecule has 6 heteroatoms. The summed E-state index contributed by atoms with van der Waals surface area (Å²) >= 11 is 12.7. The quantitative estimate of drug-likeness (QED) is 0.370. The second-order valence-electron chi connectivity index (χ2n) is 6.27. The van der Waals surface area contributed by atoms with Gasteiger partial charge in [-0.25, -0.2) is 0 Å².